The van der Waals surface area contributed by atoms with Crippen LogP contribution in [0.15, 0.2) is 42.5 Å². The number of carbonyl (C=O) groups excluding carboxylic acids is 1. The predicted octanol–water partition coefficient (Wildman–Crippen LogP) is 3.93. The first-order valence-electron chi connectivity index (χ1n) is 11.3. The van der Waals surface area contributed by atoms with Gasteiger partial charge in [0, 0.05) is 12.8 Å². The standard InChI is InChI=1S/C25H38O6/c1-4-8-20(26)13-21(27)11-18(2)12-23-14-22(15-24(31-23)16-25(28)29-3)30-17-19-9-6-5-7-10-19/h5-7,9-10,20-24,26-27H,2,4,8,11-17H2,1,3H3/t20-,21+,22-,23+,24+/m0/s1. The minimum absolute atomic E-state index is 0.0299. The van der Waals surface area contributed by atoms with Gasteiger partial charge in [-0.25, -0.2) is 0 Å². The first kappa shape index (κ1) is 25.5. The molecule has 1 aliphatic rings. The number of hydrogen-bond acceptors (Lipinski definition) is 6. The van der Waals surface area contributed by atoms with Crippen molar-refractivity contribution < 1.29 is 29.2 Å². The van der Waals surface area contributed by atoms with Crippen molar-refractivity contribution in [2.45, 2.75) is 95.4 Å². The average Bonchev–Trinajstić information content (AvgIpc) is 2.72. The fourth-order valence-electron chi connectivity index (χ4n) is 4.11. The number of ether oxygens (including phenoxy) is 3. The lowest BCUT2D eigenvalue weighted by Crippen LogP contribution is -2.38. The number of benzene rings is 1. The van der Waals surface area contributed by atoms with E-state index in [2.05, 4.69) is 6.58 Å². The van der Waals surface area contributed by atoms with E-state index in [1.165, 1.54) is 7.11 Å². The second-order valence-corrected chi connectivity index (χ2v) is 8.54. The van der Waals surface area contributed by atoms with Crippen molar-refractivity contribution in [3.05, 3.63) is 48.0 Å². The van der Waals surface area contributed by atoms with Gasteiger partial charge in [0.2, 0.25) is 0 Å². The Kier molecular flexibility index (Phi) is 11.2. The van der Waals surface area contributed by atoms with Crippen molar-refractivity contribution in [1.82, 2.24) is 0 Å². The minimum Gasteiger partial charge on any atom is -0.469 e. The zero-order chi connectivity index (χ0) is 22.6. The van der Waals surface area contributed by atoms with E-state index in [9.17, 15) is 15.0 Å². The van der Waals surface area contributed by atoms with Gasteiger partial charge in [-0.05, 0) is 31.2 Å². The average molecular weight is 435 g/mol. The molecule has 0 aromatic heterocycles. The minimum atomic E-state index is -0.617. The summed E-state index contributed by atoms with van der Waals surface area (Å²) in [5.74, 6) is -0.299. The summed E-state index contributed by atoms with van der Waals surface area (Å²) in [5, 5.41) is 20.2. The molecule has 6 heteroatoms. The van der Waals surface area contributed by atoms with E-state index in [0.717, 1.165) is 17.6 Å². The summed E-state index contributed by atoms with van der Waals surface area (Å²) in [6.45, 7) is 6.63. The van der Waals surface area contributed by atoms with Crippen molar-refractivity contribution in [1.29, 1.82) is 0 Å². The number of carbonyl (C=O) groups is 1. The molecule has 31 heavy (non-hydrogen) atoms. The summed E-state index contributed by atoms with van der Waals surface area (Å²) in [4.78, 5) is 11.8. The third-order valence-corrected chi connectivity index (χ3v) is 5.59. The Labute approximate surface area is 186 Å². The van der Waals surface area contributed by atoms with Crippen molar-refractivity contribution in [3.63, 3.8) is 0 Å². The number of aliphatic hydroxyl groups excluding tert-OH is 2. The SMILES string of the molecule is C=C(C[C@@H](O)C[C@@H](O)CCC)C[C@@H]1C[C@H](OCc2ccccc2)C[C@H](CC(=O)OC)O1. The molecule has 6 nitrogen and oxygen atoms in total. The molecule has 1 fully saturated rings. The Balaban J connectivity index is 1.89. The molecule has 0 saturated carbocycles. The van der Waals surface area contributed by atoms with Gasteiger partial charge in [0.1, 0.15) is 0 Å². The predicted molar refractivity (Wildman–Crippen MR) is 119 cm³/mol. The van der Waals surface area contributed by atoms with Crippen LogP contribution in [0.4, 0.5) is 0 Å². The van der Waals surface area contributed by atoms with E-state index in [1.54, 1.807) is 0 Å². The Morgan fingerprint density at radius 2 is 1.84 bits per heavy atom. The summed E-state index contributed by atoms with van der Waals surface area (Å²) in [7, 11) is 1.38. The third-order valence-electron chi connectivity index (χ3n) is 5.59. The van der Waals surface area contributed by atoms with E-state index in [4.69, 9.17) is 14.2 Å². The molecule has 174 valence electrons. The van der Waals surface area contributed by atoms with Gasteiger partial charge in [-0.1, -0.05) is 55.8 Å². The Hall–Kier alpha value is -1.73. The highest BCUT2D eigenvalue weighted by atomic mass is 16.5. The molecule has 1 aromatic rings. The third kappa shape index (κ3) is 9.95. The monoisotopic (exact) mass is 434 g/mol. The molecule has 0 aliphatic carbocycles. The van der Waals surface area contributed by atoms with E-state index in [-0.39, 0.29) is 30.7 Å². The molecule has 2 rings (SSSR count). The maximum Gasteiger partial charge on any atom is 0.308 e. The Morgan fingerprint density at radius 1 is 1.16 bits per heavy atom. The smallest absolute Gasteiger partial charge is 0.308 e. The summed E-state index contributed by atoms with van der Waals surface area (Å²) in [5.41, 5.74) is 1.98. The fourth-order valence-corrected chi connectivity index (χ4v) is 4.11. The summed E-state index contributed by atoms with van der Waals surface area (Å²) in [6.07, 6.45) is 2.94. The highest BCUT2D eigenvalue weighted by molar-refractivity contribution is 5.69. The largest absolute Gasteiger partial charge is 0.469 e. The van der Waals surface area contributed by atoms with Crippen LogP contribution < -0.4 is 0 Å². The van der Waals surface area contributed by atoms with Crippen LogP contribution in [0.2, 0.25) is 0 Å². The van der Waals surface area contributed by atoms with Crippen molar-refractivity contribution in [3.8, 4) is 0 Å². The second-order valence-electron chi connectivity index (χ2n) is 8.54. The lowest BCUT2D eigenvalue weighted by Gasteiger charge is -2.35. The molecule has 2 N–H and O–H groups in total. The van der Waals surface area contributed by atoms with Gasteiger partial charge in [-0.2, -0.15) is 0 Å². The lowest BCUT2D eigenvalue weighted by molar-refractivity contribution is -0.153. The van der Waals surface area contributed by atoms with Crippen molar-refractivity contribution in [2.75, 3.05) is 7.11 Å². The van der Waals surface area contributed by atoms with Crippen LogP contribution in [-0.2, 0) is 25.6 Å². The zero-order valence-corrected chi connectivity index (χ0v) is 18.9. The number of rotatable bonds is 13. The molecule has 0 spiro atoms. The highest BCUT2D eigenvalue weighted by Gasteiger charge is 2.32. The van der Waals surface area contributed by atoms with Crippen LogP contribution in [0.3, 0.4) is 0 Å². The number of esters is 1. The van der Waals surface area contributed by atoms with Crippen LogP contribution >= 0.6 is 0 Å². The van der Waals surface area contributed by atoms with Gasteiger partial charge in [-0.3, -0.25) is 4.79 Å². The summed E-state index contributed by atoms with van der Waals surface area (Å²) < 4.78 is 17.1. The normalized spacial score (nSPS) is 23.2. The van der Waals surface area contributed by atoms with Crippen LogP contribution in [0.25, 0.3) is 0 Å². The van der Waals surface area contributed by atoms with Crippen molar-refractivity contribution in [2.24, 2.45) is 0 Å². The fraction of sp³-hybridized carbons (Fsp3) is 0.640. The molecule has 0 amide bonds. The topological polar surface area (TPSA) is 85.2 Å². The molecule has 1 heterocycles. The van der Waals surface area contributed by atoms with E-state index in [1.807, 2.05) is 37.3 Å². The van der Waals surface area contributed by atoms with Gasteiger partial charge in [-0.15, -0.1) is 0 Å². The molecular formula is C25H38O6. The molecule has 1 aliphatic heterocycles. The summed E-state index contributed by atoms with van der Waals surface area (Å²) >= 11 is 0. The molecule has 0 bridgehead atoms. The number of methoxy groups -OCH3 is 1. The van der Waals surface area contributed by atoms with Gasteiger partial charge in [0.05, 0.1) is 50.7 Å². The highest BCUT2D eigenvalue weighted by Crippen LogP contribution is 2.29. The lowest BCUT2D eigenvalue weighted by atomic mass is 9.92. The number of aliphatic hydroxyl groups is 2. The maximum atomic E-state index is 11.8. The molecule has 0 radical (unpaired) electrons. The van der Waals surface area contributed by atoms with Gasteiger partial charge < -0.3 is 24.4 Å². The van der Waals surface area contributed by atoms with Crippen LogP contribution in [0.5, 0.6) is 0 Å². The first-order chi connectivity index (χ1) is 14.9. The Bertz CT molecular complexity index is 661. The Morgan fingerprint density at radius 3 is 2.48 bits per heavy atom. The summed E-state index contributed by atoms with van der Waals surface area (Å²) in [6, 6.07) is 10.00. The van der Waals surface area contributed by atoms with Gasteiger partial charge in [0.15, 0.2) is 0 Å². The maximum absolute atomic E-state index is 11.8. The zero-order valence-electron chi connectivity index (χ0n) is 18.9. The first-order valence-corrected chi connectivity index (χ1v) is 11.3. The van der Waals surface area contributed by atoms with E-state index < -0.39 is 12.2 Å². The van der Waals surface area contributed by atoms with Crippen LogP contribution in [-0.4, -0.2) is 53.8 Å². The van der Waals surface area contributed by atoms with E-state index >= 15 is 0 Å². The van der Waals surface area contributed by atoms with Gasteiger partial charge in [0.25, 0.3) is 0 Å². The molecule has 1 saturated heterocycles. The van der Waals surface area contributed by atoms with Crippen LogP contribution in [0.1, 0.15) is 63.9 Å². The van der Waals surface area contributed by atoms with Gasteiger partial charge >= 0.3 is 5.97 Å². The van der Waals surface area contributed by atoms with Crippen molar-refractivity contribution >= 4 is 5.97 Å². The quantitative estimate of drug-likeness (QED) is 0.361. The molecule has 5 atom stereocenters. The molecular weight excluding hydrogens is 396 g/mol. The molecule has 0 unspecified atom stereocenters. The number of hydrogen-bond donors (Lipinski definition) is 2. The second kappa shape index (κ2) is 13.6. The van der Waals surface area contributed by atoms with Crippen LogP contribution in [0, 0.1) is 0 Å². The van der Waals surface area contributed by atoms with E-state index in [0.29, 0.717) is 45.1 Å². The molecule has 1 aromatic carbocycles.